The molecule has 0 saturated carbocycles. The summed E-state index contributed by atoms with van der Waals surface area (Å²) in [6.07, 6.45) is 4.07. The lowest BCUT2D eigenvalue weighted by Crippen LogP contribution is -2.18. The molecule has 0 saturated heterocycles. The van der Waals surface area contributed by atoms with Crippen LogP contribution in [0, 0.1) is 13.8 Å². The molecule has 10 rings (SSSR count). The number of aliphatic hydroxyl groups is 4. The van der Waals surface area contributed by atoms with Gasteiger partial charge in [0.25, 0.3) is 0 Å². The fraction of sp³-hybridized carbons (Fsp3) is 0.0566. The molecule has 2 aromatic heterocycles. The SMILES string of the molecule is C=C(O)/C=C(O)\C=C(/O)N(c1ccc2ccc3c(N(/C(=C/C)C(=C)O)c4cccc5c4oc4c(C)cccc45)ccc4ccc1c2c43)c1cccc2c1oc1c(C)cccc12. The average molecular weight is 801 g/mol. The summed E-state index contributed by atoms with van der Waals surface area (Å²) in [5.74, 6) is -1.19. The number of nitrogens with zero attached hydrogens (tertiary/aromatic N) is 2. The van der Waals surface area contributed by atoms with E-state index in [1.807, 2.05) is 111 Å². The highest BCUT2D eigenvalue weighted by atomic mass is 16.3. The molecule has 61 heavy (non-hydrogen) atoms. The molecule has 0 fully saturated rings. The largest absolute Gasteiger partial charge is 0.508 e. The molecule has 8 heteroatoms. The highest BCUT2D eigenvalue weighted by Crippen LogP contribution is 2.49. The second kappa shape index (κ2) is 14.0. The van der Waals surface area contributed by atoms with Crippen LogP contribution in [0.4, 0.5) is 22.7 Å². The van der Waals surface area contributed by atoms with Crippen LogP contribution in [0.3, 0.4) is 0 Å². The van der Waals surface area contributed by atoms with Crippen LogP contribution in [0.15, 0.2) is 190 Å². The van der Waals surface area contributed by atoms with E-state index in [9.17, 15) is 20.4 Å². The number of hydrogen-bond donors (Lipinski definition) is 4. The van der Waals surface area contributed by atoms with Crippen LogP contribution >= 0.6 is 0 Å². The maximum absolute atomic E-state index is 12.1. The summed E-state index contributed by atoms with van der Waals surface area (Å²) >= 11 is 0. The van der Waals surface area contributed by atoms with Crippen molar-refractivity contribution in [2.75, 3.05) is 9.80 Å². The number of rotatable bonds is 9. The van der Waals surface area contributed by atoms with Crippen LogP contribution < -0.4 is 9.80 Å². The number of aryl methyl sites for hydroxylation is 2. The quantitative estimate of drug-likeness (QED) is 0.0648. The van der Waals surface area contributed by atoms with E-state index in [2.05, 4.69) is 55.6 Å². The second-order valence-corrected chi connectivity index (χ2v) is 15.4. The van der Waals surface area contributed by atoms with Crippen LogP contribution in [0.2, 0.25) is 0 Å². The predicted molar refractivity (Wildman–Crippen MR) is 250 cm³/mol. The third-order valence-corrected chi connectivity index (χ3v) is 11.6. The zero-order valence-electron chi connectivity index (χ0n) is 33.7. The Bertz CT molecular complexity index is 3560. The van der Waals surface area contributed by atoms with Crippen LogP contribution in [0.5, 0.6) is 0 Å². The highest BCUT2D eigenvalue weighted by Gasteiger charge is 2.27. The van der Waals surface area contributed by atoms with Crippen molar-refractivity contribution in [1.29, 1.82) is 0 Å². The van der Waals surface area contributed by atoms with E-state index in [-0.39, 0.29) is 17.4 Å². The Balaban J connectivity index is 1.26. The maximum atomic E-state index is 12.1. The van der Waals surface area contributed by atoms with E-state index >= 15 is 0 Å². The van der Waals surface area contributed by atoms with Gasteiger partial charge in [-0.15, -0.1) is 0 Å². The van der Waals surface area contributed by atoms with Crippen molar-refractivity contribution in [3.05, 3.63) is 193 Å². The molecule has 10 aromatic rings. The summed E-state index contributed by atoms with van der Waals surface area (Å²) < 4.78 is 13.3. The van der Waals surface area contributed by atoms with Crippen molar-refractivity contribution in [2.45, 2.75) is 20.8 Å². The Morgan fingerprint density at radius 3 is 1.41 bits per heavy atom. The Hall–Kier alpha value is -8.10. The van der Waals surface area contributed by atoms with Gasteiger partial charge in [-0.1, -0.05) is 116 Å². The van der Waals surface area contributed by atoms with Gasteiger partial charge in [-0.2, -0.15) is 0 Å². The summed E-state index contributed by atoms with van der Waals surface area (Å²) in [6, 6.07) is 40.3. The molecule has 0 unspecified atom stereocenters. The number of furan rings is 2. The Labute approximate surface area is 350 Å². The lowest BCUT2D eigenvalue weighted by Gasteiger charge is -2.30. The van der Waals surface area contributed by atoms with Gasteiger partial charge in [0, 0.05) is 44.5 Å². The number of anilines is 4. The molecule has 4 N–H and O–H groups in total. The first kappa shape index (κ1) is 37.2. The molecule has 0 bridgehead atoms. The first-order valence-corrected chi connectivity index (χ1v) is 19.9. The van der Waals surface area contributed by atoms with Gasteiger partial charge in [-0.25, -0.2) is 0 Å². The van der Waals surface area contributed by atoms with Gasteiger partial charge >= 0.3 is 0 Å². The lowest BCUT2D eigenvalue weighted by molar-refractivity contribution is 0.380. The van der Waals surface area contributed by atoms with Crippen LogP contribution in [0.1, 0.15) is 18.1 Å². The predicted octanol–water partition coefficient (Wildman–Crippen LogP) is 15.2. The molecule has 2 heterocycles. The number of aliphatic hydroxyl groups excluding tert-OH is 4. The normalized spacial score (nSPS) is 12.9. The monoisotopic (exact) mass is 800 g/mol. The molecule has 0 spiro atoms. The zero-order valence-corrected chi connectivity index (χ0v) is 33.7. The third kappa shape index (κ3) is 5.75. The lowest BCUT2D eigenvalue weighted by atomic mass is 9.91. The van der Waals surface area contributed by atoms with Gasteiger partial charge in [-0.3, -0.25) is 4.90 Å². The molecule has 0 amide bonds. The molecule has 0 aliphatic heterocycles. The number of allylic oxidation sites excluding steroid dienone is 3. The molecule has 0 aliphatic carbocycles. The van der Waals surface area contributed by atoms with Crippen LogP contribution in [-0.4, -0.2) is 20.4 Å². The van der Waals surface area contributed by atoms with Crippen molar-refractivity contribution in [1.82, 2.24) is 0 Å². The fourth-order valence-electron chi connectivity index (χ4n) is 9.00. The van der Waals surface area contributed by atoms with Gasteiger partial charge in [0.15, 0.2) is 17.0 Å². The van der Waals surface area contributed by atoms with E-state index in [4.69, 9.17) is 8.83 Å². The number of hydrogen-bond acceptors (Lipinski definition) is 8. The van der Waals surface area contributed by atoms with Gasteiger partial charge in [-0.05, 0) is 77.7 Å². The highest BCUT2D eigenvalue weighted by molar-refractivity contribution is 6.28. The summed E-state index contributed by atoms with van der Waals surface area (Å²) in [5.41, 5.74) is 7.92. The molecular weight excluding hydrogens is 761 g/mol. The minimum Gasteiger partial charge on any atom is -0.508 e. The van der Waals surface area contributed by atoms with Gasteiger partial charge in [0.1, 0.15) is 28.4 Å². The van der Waals surface area contributed by atoms with Crippen LogP contribution in [0.25, 0.3) is 76.2 Å². The van der Waals surface area contributed by atoms with Crippen molar-refractivity contribution in [3.63, 3.8) is 0 Å². The molecule has 0 atom stereocenters. The van der Waals surface area contributed by atoms with Crippen LogP contribution in [-0.2, 0) is 0 Å². The van der Waals surface area contributed by atoms with Crippen molar-refractivity contribution < 1.29 is 29.3 Å². The van der Waals surface area contributed by atoms with Crippen molar-refractivity contribution >= 4 is 98.9 Å². The minimum atomic E-state index is -0.398. The molecule has 298 valence electrons. The van der Waals surface area contributed by atoms with Gasteiger partial charge in [0.05, 0.1) is 28.4 Å². The second-order valence-electron chi connectivity index (χ2n) is 15.4. The number of fused-ring (bicyclic) bond motifs is 6. The maximum Gasteiger partial charge on any atom is 0.199 e. The van der Waals surface area contributed by atoms with Crippen molar-refractivity contribution in [3.8, 4) is 0 Å². The van der Waals surface area contributed by atoms with Crippen molar-refractivity contribution in [2.24, 2.45) is 0 Å². The Morgan fingerprint density at radius 2 is 0.934 bits per heavy atom. The summed E-state index contributed by atoms with van der Waals surface area (Å²) in [5, 5.41) is 53.3. The molecule has 8 nitrogen and oxygen atoms in total. The Kier molecular flexibility index (Phi) is 8.55. The van der Waals surface area contributed by atoms with E-state index in [0.29, 0.717) is 28.2 Å². The molecular formula is C53H40N2O6. The molecule has 0 aliphatic rings. The summed E-state index contributed by atoms with van der Waals surface area (Å²) in [7, 11) is 0. The van der Waals surface area contributed by atoms with E-state index in [1.54, 1.807) is 4.90 Å². The third-order valence-electron chi connectivity index (χ3n) is 11.6. The van der Waals surface area contributed by atoms with E-state index in [0.717, 1.165) is 93.6 Å². The first-order chi connectivity index (χ1) is 29.5. The standard InChI is InChI=1S/C53H40N2O6/c1-6-42(32(5)57)54(45-17-9-15-38-36-13-7-11-29(2)50(36)60-52(38)45)43-25-21-33-20-24-41-44(26-22-34-19-23-40(43)48(33)49(34)41)55(47(59)28-35(58)27-31(4)56)46-18-10-16-39-37-14-8-12-30(3)51(37)61-53(39)46/h6-28,56-59H,4-5H2,1-3H3/b35-27+,42-6+,47-28-. The van der Waals surface area contributed by atoms with Gasteiger partial charge < -0.3 is 34.2 Å². The zero-order chi connectivity index (χ0) is 42.3. The minimum absolute atomic E-state index is 0.102. The number of benzene rings is 8. The summed E-state index contributed by atoms with van der Waals surface area (Å²) in [4.78, 5) is 3.66. The average Bonchev–Trinajstić information content (AvgIpc) is 3.83. The Morgan fingerprint density at radius 1 is 0.492 bits per heavy atom. The topological polar surface area (TPSA) is 114 Å². The smallest absolute Gasteiger partial charge is 0.199 e. The fourth-order valence-corrected chi connectivity index (χ4v) is 9.00. The number of para-hydroxylation sites is 4. The van der Waals surface area contributed by atoms with E-state index < -0.39 is 5.76 Å². The first-order valence-electron chi connectivity index (χ1n) is 19.9. The van der Waals surface area contributed by atoms with E-state index in [1.165, 1.54) is 6.08 Å². The molecule has 0 radical (unpaired) electrons. The van der Waals surface area contributed by atoms with Gasteiger partial charge in [0.2, 0.25) is 0 Å². The summed E-state index contributed by atoms with van der Waals surface area (Å²) in [6.45, 7) is 13.3. The molecule has 8 aromatic carbocycles.